The van der Waals surface area contributed by atoms with Gasteiger partial charge in [0.25, 0.3) is 5.91 Å². The van der Waals surface area contributed by atoms with Crippen molar-refractivity contribution in [2.24, 2.45) is 0 Å². The minimum atomic E-state index is -1.65. The highest BCUT2D eigenvalue weighted by Gasteiger charge is 2.52. The first-order chi connectivity index (χ1) is 20.1. The summed E-state index contributed by atoms with van der Waals surface area (Å²) in [5.41, 5.74) is 0.360. The molecule has 1 aliphatic carbocycles. The van der Waals surface area contributed by atoms with E-state index in [1.807, 2.05) is 6.07 Å². The summed E-state index contributed by atoms with van der Waals surface area (Å²) < 4.78 is 54.4. The van der Waals surface area contributed by atoms with Crippen molar-refractivity contribution >= 4 is 27.5 Å². The van der Waals surface area contributed by atoms with Crippen molar-refractivity contribution < 1.29 is 42.8 Å². The van der Waals surface area contributed by atoms with Crippen molar-refractivity contribution in [3.8, 4) is 17.3 Å². The summed E-state index contributed by atoms with van der Waals surface area (Å²) in [6.45, 7) is -0.699. The smallest absolute Gasteiger partial charge is 0.259 e. The van der Waals surface area contributed by atoms with Crippen LogP contribution in [0.3, 0.4) is 0 Å². The average molecular weight is 652 g/mol. The third-order valence-corrected chi connectivity index (χ3v) is 8.00. The van der Waals surface area contributed by atoms with Crippen LogP contribution in [0.4, 0.5) is 18.9 Å². The van der Waals surface area contributed by atoms with Gasteiger partial charge in [0.05, 0.1) is 36.6 Å². The predicted octanol–water partition coefficient (Wildman–Crippen LogP) is 2.23. The fraction of sp³-hybridized carbons (Fsp3) is 0.407. The number of hydrogen-bond donors (Lipinski definition) is 3. The third-order valence-electron chi connectivity index (χ3n) is 7.54. The van der Waals surface area contributed by atoms with Crippen LogP contribution in [-0.4, -0.2) is 86.5 Å². The summed E-state index contributed by atoms with van der Waals surface area (Å²) in [5, 5.41) is 49.0. The Hall–Kier alpha value is -3.39. The molecule has 42 heavy (non-hydrogen) atoms. The van der Waals surface area contributed by atoms with E-state index >= 15 is 0 Å². The number of amides is 1. The molecule has 2 fully saturated rings. The lowest BCUT2D eigenvalue weighted by Gasteiger charge is -2.47. The zero-order valence-electron chi connectivity index (χ0n) is 21.9. The van der Waals surface area contributed by atoms with E-state index in [2.05, 4.69) is 26.2 Å². The minimum absolute atomic E-state index is 0.0674. The number of nitriles is 1. The first-order valence-electron chi connectivity index (χ1n) is 12.8. The van der Waals surface area contributed by atoms with Crippen LogP contribution in [0.15, 0.2) is 41.0 Å². The van der Waals surface area contributed by atoms with Gasteiger partial charge in [0.15, 0.2) is 23.6 Å². The van der Waals surface area contributed by atoms with Crippen molar-refractivity contribution in [3.63, 3.8) is 0 Å². The standard InChI is InChI=1S/C27H25BrF3N5O6/c1-41-25-23(35-10-18(33-34-35)13-6-16(29)22(31)17(30)7-13)24(39)21(11-37)42-26(25)27(40)36(19-2-3-20(19)38)15-5-12(9-32)4-14(28)8-15/h4-8,10,19-21,23-26,37-39H,2-3,11H2,1H3/t19-,20-,21?,23?,24?,25?,26?/m1/s1. The SMILES string of the molecule is COC1C(C(=O)N(c2cc(Br)cc(C#N)c2)[C@@H]2CC[C@H]2O)OC(CO)C(O)C1n1cc(-c2cc(F)c(F)c(F)c2)nn1. The number of aliphatic hydroxyl groups excluding tert-OH is 3. The van der Waals surface area contributed by atoms with Crippen LogP contribution in [0.1, 0.15) is 24.4 Å². The zero-order chi connectivity index (χ0) is 30.3. The Morgan fingerprint density at radius 1 is 1.21 bits per heavy atom. The number of anilines is 1. The van der Waals surface area contributed by atoms with E-state index in [1.165, 1.54) is 24.3 Å². The summed E-state index contributed by atoms with van der Waals surface area (Å²) in [4.78, 5) is 15.5. The summed E-state index contributed by atoms with van der Waals surface area (Å²) >= 11 is 3.34. The Morgan fingerprint density at radius 3 is 2.50 bits per heavy atom. The molecule has 11 nitrogen and oxygen atoms in total. The minimum Gasteiger partial charge on any atom is -0.394 e. The van der Waals surface area contributed by atoms with Gasteiger partial charge in [0.2, 0.25) is 0 Å². The van der Waals surface area contributed by atoms with E-state index in [4.69, 9.17) is 9.47 Å². The van der Waals surface area contributed by atoms with Crippen LogP contribution in [0.5, 0.6) is 0 Å². The molecule has 2 aromatic carbocycles. The second-order valence-corrected chi connectivity index (χ2v) is 10.9. The molecule has 7 atom stereocenters. The number of methoxy groups -OCH3 is 1. The number of halogens is 4. The van der Waals surface area contributed by atoms with Crippen LogP contribution in [0.2, 0.25) is 0 Å². The molecule has 3 aromatic rings. The van der Waals surface area contributed by atoms with Crippen LogP contribution >= 0.6 is 15.9 Å². The van der Waals surface area contributed by atoms with Crippen molar-refractivity contribution in [1.29, 1.82) is 5.26 Å². The van der Waals surface area contributed by atoms with E-state index in [0.717, 1.165) is 16.8 Å². The van der Waals surface area contributed by atoms with E-state index < -0.39 is 72.6 Å². The quantitative estimate of drug-likeness (QED) is 0.326. The van der Waals surface area contributed by atoms with Gasteiger partial charge in [-0.2, -0.15) is 5.26 Å². The Balaban J connectivity index is 1.54. The van der Waals surface area contributed by atoms with Gasteiger partial charge in [0, 0.05) is 22.8 Å². The zero-order valence-corrected chi connectivity index (χ0v) is 23.5. The summed E-state index contributed by atoms with van der Waals surface area (Å²) in [5.74, 6) is -5.19. The molecule has 1 amide bonds. The summed E-state index contributed by atoms with van der Waals surface area (Å²) in [6, 6.07) is 6.30. The van der Waals surface area contributed by atoms with Gasteiger partial charge in [-0.15, -0.1) is 5.10 Å². The number of carbonyl (C=O) groups is 1. The van der Waals surface area contributed by atoms with E-state index in [1.54, 1.807) is 12.1 Å². The van der Waals surface area contributed by atoms with Crippen LogP contribution in [0, 0.1) is 28.8 Å². The Bertz CT molecular complexity index is 1510. The normalized spacial score (nSPS) is 27.3. The molecule has 1 saturated heterocycles. The molecular weight excluding hydrogens is 627 g/mol. The van der Waals surface area contributed by atoms with Crippen LogP contribution in [0.25, 0.3) is 11.3 Å². The van der Waals surface area contributed by atoms with Gasteiger partial charge >= 0.3 is 0 Å². The molecule has 3 N–H and O–H groups in total. The molecule has 5 unspecified atom stereocenters. The fourth-order valence-electron chi connectivity index (χ4n) is 5.28. The van der Waals surface area contributed by atoms with Gasteiger partial charge in [0.1, 0.15) is 30.0 Å². The van der Waals surface area contributed by atoms with Crippen molar-refractivity contribution in [2.45, 2.75) is 55.4 Å². The van der Waals surface area contributed by atoms with E-state index in [0.29, 0.717) is 23.0 Å². The molecule has 5 rings (SSSR count). The molecule has 1 saturated carbocycles. The maximum atomic E-state index is 14.2. The summed E-state index contributed by atoms with van der Waals surface area (Å²) in [6.07, 6.45) is -4.20. The molecular formula is C27H25BrF3N5O6. The molecule has 0 spiro atoms. The Labute approximate surface area is 245 Å². The Morgan fingerprint density at radius 2 is 1.93 bits per heavy atom. The molecule has 15 heteroatoms. The van der Waals surface area contributed by atoms with Gasteiger partial charge in [-0.3, -0.25) is 4.79 Å². The molecule has 222 valence electrons. The summed E-state index contributed by atoms with van der Waals surface area (Å²) in [7, 11) is 1.27. The molecule has 0 bridgehead atoms. The van der Waals surface area contributed by atoms with Gasteiger partial charge in [-0.25, -0.2) is 17.9 Å². The van der Waals surface area contributed by atoms with Gasteiger partial charge in [-0.1, -0.05) is 21.1 Å². The fourth-order valence-corrected chi connectivity index (χ4v) is 5.76. The van der Waals surface area contributed by atoms with Crippen LogP contribution in [-0.2, 0) is 14.3 Å². The number of nitrogens with zero attached hydrogens (tertiary/aromatic N) is 5. The largest absolute Gasteiger partial charge is 0.394 e. The number of aromatic nitrogens is 3. The highest BCUT2D eigenvalue weighted by Crippen LogP contribution is 2.38. The number of ether oxygens (including phenoxy) is 2. The van der Waals surface area contributed by atoms with Crippen molar-refractivity contribution in [1.82, 2.24) is 15.0 Å². The van der Waals surface area contributed by atoms with Crippen LogP contribution < -0.4 is 4.90 Å². The molecule has 1 aliphatic heterocycles. The molecule has 2 heterocycles. The molecule has 2 aliphatic rings. The van der Waals surface area contributed by atoms with Gasteiger partial charge in [-0.05, 0) is 43.2 Å². The molecule has 0 radical (unpaired) electrons. The lowest BCUT2D eigenvalue weighted by Crippen LogP contribution is -2.64. The maximum Gasteiger partial charge on any atom is 0.259 e. The van der Waals surface area contributed by atoms with E-state index in [-0.39, 0.29) is 16.8 Å². The highest BCUT2D eigenvalue weighted by molar-refractivity contribution is 9.10. The second kappa shape index (κ2) is 12.1. The predicted molar refractivity (Wildman–Crippen MR) is 142 cm³/mol. The first-order valence-corrected chi connectivity index (χ1v) is 13.6. The van der Waals surface area contributed by atoms with E-state index in [9.17, 15) is 38.5 Å². The number of hydrogen-bond acceptors (Lipinski definition) is 9. The monoisotopic (exact) mass is 651 g/mol. The van der Waals surface area contributed by atoms with Gasteiger partial charge < -0.3 is 29.7 Å². The lowest BCUT2D eigenvalue weighted by molar-refractivity contribution is -0.211. The van der Waals surface area contributed by atoms with Crippen molar-refractivity contribution in [3.05, 3.63) is 64.0 Å². The average Bonchev–Trinajstić information content (AvgIpc) is 3.46. The first kappa shape index (κ1) is 30.1. The lowest BCUT2D eigenvalue weighted by atomic mass is 9.85. The number of carbonyl (C=O) groups excluding carboxylic acids is 1. The Kier molecular flexibility index (Phi) is 8.65. The maximum absolute atomic E-state index is 14.2. The topological polar surface area (TPSA) is 154 Å². The number of aliphatic hydroxyl groups is 3. The second-order valence-electron chi connectivity index (χ2n) is 10.0. The molecule has 1 aromatic heterocycles. The highest BCUT2D eigenvalue weighted by atomic mass is 79.9. The third kappa shape index (κ3) is 5.41. The van der Waals surface area contributed by atoms with Crippen molar-refractivity contribution in [2.75, 3.05) is 18.6 Å². The number of benzene rings is 2. The number of rotatable bonds is 7.